The maximum Gasteiger partial charge on any atom is 0.251 e. The second-order valence-corrected chi connectivity index (χ2v) is 5.71. The molecule has 1 aromatic rings. The van der Waals surface area contributed by atoms with Crippen LogP contribution in [0.5, 0.6) is 0 Å². The van der Waals surface area contributed by atoms with E-state index in [2.05, 4.69) is 5.32 Å². The third-order valence-corrected chi connectivity index (χ3v) is 3.91. The summed E-state index contributed by atoms with van der Waals surface area (Å²) in [5.74, 6) is -4.65. The molecule has 0 aliphatic heterocycles. The van der Waals surface area contributed by atoms with Crippen molar-refractivity contribution in [3.05, 3.63) is 35.1 Å². The van der Waals surface area contributed by atoms with Gasteiger partial charge in [-0.2, -0.15) is 0 Å². The fourth-order valence-electron chi connectivity index (χ4n) is 2.44. The van der Waals surface area contributed by atoms with Crippen LogP contribution in [0.15, 0.2) is 12.1 Å². The van der Waals surface area contributed by atoms with Crippen molar-refractivity contribution < 1.29 is 18.0 Å². The summed E-state index contributed by atoms with van der Waals surface area (Å²) < 4.78 is 38.9. The molecule has 2 nitrogen and oxygen atoms in total. The van der Waals surface area contributed by atoms with Crippen LogP contribution < -0.4 is 5.32 Å². The van der Waals surface area contributed by atoms with Crippen LogP contribution in [0.2, 0.25) is 0 Å². The topological polar surface area (TPSA) is 29.1 Å². The van der Waals surface area contributed by atoms with Crippen LogP contribution in [0.1, 0.15) is 36.0 Å². The molecule has 1 fully saturated rings. The zero-order valence-electron chi connectivity index (χ0n) is 10.8. The van der Waals surface area contributed by atoms with Gasteiger partial charge in [-0.05, 0) is 37.3 Å². The van der Waals surface area contributed by atoms with Gasteiger partial charge in [0.1, 0.15) is 0 Å². The van der Waals surface area contributed by atoms with Crippen LogP contribution in [-0.2, 0) is 0 Å². The highest BCUT2D eigenvalue weighted by atomic mass is 35.5. The quantitative estimate of drug-likeness (QED) is 0.670. The average molecular weight is 306 g/mol. The summed E-state index contributed by atoms with van der Waals surface area (Å²) in [6, 6.07) is 1.39. The highest BCUT2D eigenvalue weighted by molar-refractivity contribution is 6.20. The van der Waals surface area contributed by atoms with Gasteiger partial charge in [0.2, 0.25) is 0 Å². The average Bonchev–Trinajstić information content (AvgIpc) is 2.41. The molecule has 2 unspecified atom stereocenters. The van der Waals surface area contributed by atoms with E-state index < -0.39 is 23.4 Å². The molecule has 0 saturated heterocycles. The SMILES string of the molecule is O=C(NCC1CCCC(Cl)C1)c1cc(F)c(F)c(F)c1. The van der Waals surface area contributed by atoms with Crippen LogP contribution >= 0.6 is 11.6 Å². The van der Waals surface area contributed by atoms with Gasteiger partial charge in [-0.1, -0.05) is 6.42 Å². The lowest BCUT2D eigenvalue weighted by molar-refractivity contribution is 0.0942. The predicted molar refractivity (Wildman–Crippen MR) is 70.2 cm³/mol. The number of hydrogen-bond donors (Lipinski definition) is 1. The molecule has 6 heteroatoms. The Morgan fingerprint density at radius 3 is 2.50 bits per heavy atom. The highest BCUT2D eigenvalue weighted by Crippen LogP contribution is 2.27. The smallest absolute Gasteiger partial charge is 0.251 e. The Hall–Kier alpha value is -1.23. The van der Waals surface area contributed by atoms with Crippen LogP contribution in [0.3, 0.4) is 0 Å². The lowest BCUT2D eigenvalue weighted by Crippen LogP contribution is -2.32. The molecule has 0 aromatic heterocycles. The molecule has 20 heavy (non-hydrogen) atoms. The molecule has 0 bridgehead atoms. The van der Waals surface area contributed by atoms with Crippen molar-refractivity contribution >= 4 is 17.5 Å². The van der Waals surface area contributed by atoms with Crippen molar-refractivity contribution in [1.29, 1.82) is 0 Å². The van der Waals surface area contributed by atoms with Gasteiger partial charge < -0.3 is 5.32 Å². The zero-order chi connectivity index (χ0) is 14.7. The number of hydrogen-bond acceptors (Lipinski definition) is 1. The molecule has 1 aromatic carbocycles. The van der Waals surface area contributed by atoms with Gasteiger partial charge in [0, 0.05) is 17.5 Å². The van der Waals surface area contributed by atoms with E-state index in [0.717, 1.165) is 25.7 Å². The summed E-state index contributed by atoms with van der Waals surface area (Å²) in [7, 11) is 0. The molecule has 1 saturated carbocycles. The molecule has 1 aliphatic carbocycles. The standard InChI is InChI=1S/C14H15ClF3NO/c15-10-3-1-2-8(4-10)7-19-14(20)9-5-11(16)13(18)12(17)6-9/h5-6,8,10H,1-4,7H2,(H,19,20). The molecule has 110 valence electrons. The molecular formula is C14H15ClF3NO. The van der Waals surface area contributed by atoms with E-state index >= 15 is 0 Å². The fraction of sp³-hybridized carbons (Fsp3) is 0.500. The number of nitrogens with one attached hydrogen (secondary N) is 1. The minimum atomic E-state index is -1.57. The maximum absolute atomic E-state index is 13.0. The third kappa shape index (κ3) is 3.66. The monoisotopic (exact) mass is 305 g/mol. The van der Waals surface area contributed by atoms with E-state index in [4.69, 9.17) is 11.6 Å². The summed E-state index contributed by atoms with van der Waals surface area (Å²) in [6.45, 7) is 0.405. The van der Waals surface area contributed by atoms with E-state index in [1.54, 1.807) is 0 Å². The summed E-state index contributed by atoms with van der Waals surface area (Å²) in [4.78, 5) is 11.8. The lowest BCUT2D eigenvalue weighted by Gasteiger charge is -2.25. The Bertz CT molecular complexity index is 486. The third-order valence-electron chi connectivity index (χ3n) is 3.52. The Balaban J connectivity index is 1.95. The van der Waals surface area contributed by atoms with Crippen molar-refractivity contribution in [3.63, 3.8) is 0 Å². The summed E-state index contributed by atoms with van der Waals surface area (Å²) in [5.41, 5.74) is -0.223. The Labute approximate surface area is 120 Å². The number of benzene rings is 1. The number of halogens is 4. The number of amides is 1. The second kappa shape index (κ2) is 6.48. The summed E-state index contributed by atoms with van der Waals surface area (Å²) in [5, 5.41) is 2.73. The van der Waals surface area contributed by atoms with Gasteiger partial charge in [0.15, 0.2) is 17.5 Å². The van der Waals surface area contributed by atoms with E-state index in [1.807, 2.05) is 0 Å². The molecule has 0 heterocycles. The van der Waals surface area contributed by atoms with Gasteiger partial charge in [-0.25, -0.2) is 13.2 Å². The molecule has 1 N–H and O–H groups in total. The van der Waals surface area contributed by atoms with E-state index in [-0.39, 0.29) is 16.9 Å². The van der Waals surface area contributed by atoms with Crippen molar-refractivity contribution in [2.45, 2.75) is 31.1 Å². The lowest BCUT2D eigenvalue weighted by atomic mass is 9.89. The number of rotatable bonds is 3. The number of carbonyl (C=O) groups excluding carboxylic acids is 1. The van der Waals surface area contributed by atoms with Crippen LogP contribution in [0.4, 0.5) is 13.2 Å². The summed E-state index contributed by atoms with van der Waals surface area (Å²) in [6.07, 6.45) is 3.76. The molecule has 2 atom stereocenters. The summed E-state index contributed by atoms with van der Waals surface area (Å²) >= 11 is 6.05. The largest absolute Gasteiger partial charge is 0.352 e. The van der Waals surface area contributed by atoms with Gasteiger partial charge in [0.25, 0.3) is 5.91 Å². The molecule has 0 spiro atoms. The predicted octanol–water partition coefficient (Wildman–Crippen LogP) is 3.63. The minimum absolute atomic E-state index is 0.117. The first-order valence-corrected chi connectivity index (χ1v) is 6.98. The first-order chi connectivity index (χ1) is 9.47. The van der Waals surface area contributed by atoms with Gasteiger partial charge in [-0.3, -0.25) is 4.79 Å². The molecule has 1 aliphatic rings. The van der Waals surface area contributed by atoms with Gasteiger partial charge >= 0.3 is 0 Å². The number of alkyl halides is 1. The first-order valence-electron chi connectivity index (χ1n) is 6.54. The first kappa shape index (κ1) is 15.2. The zero-order valence-corrected chi connectivity index (χ0v) is 11.5. The van der Waals surface area contributed by atoms with Crippen LogP contribution in [0.25, 0.3) is 0 Å². The van der Waals surface area contributed by atoms with Gasteiger partial charge in [0.05, 0.1) is 0 Å². The van der Waals surface area contributed by atoms with Crippen LogP contribution in [-0.4, -0.2) is 17.8 Å². The van der Waals surface area contributed by atoms with Gasteiger partial charge in [-0.15, -0.1) is 11.6 Å². The maximum atomic E-state index is 13.0. The fourth-order valence-corrected chi connectivity index (χ4v) is 2.84. The number of carbonyl (C=O) groups is 1. The van der Waals surface area contributed by atoms with E-state index in [9.17, 15) is 18.0 Å². The Morgan fingerprint density at radius 1 is 1.25 bits per heavy atom. The Morgan fingerprint density at radius 2 is 1.90 bits per heavy atom. The van der Waals surface area contributed by atoms with E-state index in [1.165, 1.54) is 0 Å². The van der Waals surface area contributed by atoms with Crippen molar-refractivity contribution in [1.82, 2.24) is 5.32 Å². The molecular weight excluding hydrogens is 291 g/mol. The van der Waals surface area contributed by atoms with Crippen molar-refractivity contribution in [3.8, 4) is 0 Å². The van der Waals surface area contributed by atoms with Crippen LogP contribution in [0, 0.1) is 23.4 Å². The highest BCUT2D eigenvalue weighted by Gasteiger charge is 2.21. The molecule has 2 rings (SSSR count). The Kier molecular flexibility index (Phi) is 4.91. The van der Waals surface area contributed by atoms with E-state index in [0.29, 0.717) is 18.7 Å². The van der Waals surface area contributed by atoms with Crippen molar-refractivity contribution in [2.75, 3.05) is 6.54 Å². The van der Waals surface area contributed by atoms with Crippen molar-refractivity contribution in [2.24, 2.45) is 5.92 Å². The molecule has 1 amide bonds. The molecule has 0 radical (unpaired) electrons. The minimum Gasteiger partial charge on any atom is -0.352 e. The second-order valence-electron chi connectivity index (χ2n) is 5.09. The normalized spacial score (nSPS) is 22.6.